The number of alkyl halides is 2. The van der Waals surface area contributed by atoms with Crippen LogP contribution >= 0.6 is 0 Å². The summed E-state index contributed by atoms with van der Waals surface area (Å²) < 4.78 is 42.7. The number of hydrogen-bond acceptors (Lipinski definition) is 3. The molecule has 1 aliphatic heterocycles. The molecule has 0 radical (unpaired) electrons. The van der Waals surface area contributed by atoms with E-state index < -0.39 is 6.61 Å². The molecule has 1 fully saturated rings. The van der Waals surface area contributed by atoms with Crippen LogP contribution in [-0.2, 0) is 6.54 Å². The van der Waals surface area contributed by atoms with Gasteiger partial charge in [0.2, 0.25) is 0 Å². The number of nitrogens with zero attached hydrogens (tertiary/aromatic N) is 2. The van der Waals surface area contributed by atoms with Crippen LogP contribution in [0.4, 0.5) is 13.2 Å². The van der Waals surface area contributed by atoms with E-state index in [1.54, 1.807) is 23.1 Å². The van der Waals surface area contributed by atoms with Crippen molar-refractivity contribution >= 4 is 5.91 Å². The van der Waals surface area contributed by atoms with Gasteiger partial charge in [0, 0.05) is 32.7 Å². The largest absolute Gasteiger partial charge is 0.434 e. The van der Waals surface area contributed by atoms with Crippen LogP contribution in [0.3, 0.4) is 0 Å². The number of benzene rings is 2. The van der Waals surface area contributed by atoms with Gasteiger partial charge in [0.15, 0.2) is 0 Å². The number of para-hydroxylation sites is 1. The van der Waals surface area contributed by atoms with Crippen molar-refractivity contribution in [2.75, 3.05) is 26.2 Å². The minimum absolute atomic E-state index is 0.116. The molecule has 0 bridgehead atoms. The van der Waals surface area contributed by atoms with E-state index in [2.05, 4.69) is 9.64 Å². The topological polar surface area (TPSA) is 32.8 Å². The summed E-state index contributed by atoms with van der Waals surface area (Å²) in [4.78, 5) is 16.4. The number of ether oxygens (including phenoxy) is 1. The number of hydrogen-bond donors (Lipinski definition) is 0. The predicted molar refractivity (Wildman–Crippen MR) is 90.7 cm³/mol. The smallest absolute Gasteiger partial charge is 0.387 e. The SMILES string of the molecule is O=C(c1ccccc1OC(F)F)N1CCN(Cc2cccc(F)c2)CC1. The summed E-state index contributed by atoms with van der Waals surface area (Å²) in [7, 11) is 0. The zero-order chi connectivity index (χ0) is 18.5. The van der Waals surface area contributed by atoms with Gasteiger partial charge in [-0.3, -0.25) is 9.69 Å². The van der Waals surface area contributed by atoms with Crippen LogP contribution in [0.15, 0.2) is 48.5 Å². The van der Waals surface area contributed by atoms with Crippen molar-refractivity contribution in [3.63, 3.8) is 0 Å². The zero-order valence-corrected chi connectivity index (χ0v) is 14.1. The van der Waals surface area contributed by atoms with Crippen molar-refractivity contribution in [2.45, 2.75) is 13.2 Å². The van der Waals surface area contributed by atoms with Crippen LogP contribution in [0.1, 0.15) is 15.9 Å². The highest BCUT2D eigenvalue weighted by Gasteiger charge is 2.25. The molecule has 0 saturated carbocycles. The van der Waals surface area contributed by atoms with Crippen LogP contribution in [-0.4, -0.2) is 48.5 Å². The number of rotatable bonds is 5. The summed E-state index contributed by atoms with van der Waals surface area (Å²) in [6.07, 6.45) is 0. The van der Waals surface area contributed by atoms with Crippen LogP contribution in [0.25, 0.3) is 0 Å². The number of carbonyl (C=O) groups is 1. The molecule has 1 amide bonds. The molecule has 1 aliphatic rings. The first kappa shape index (κ1) is 18.3. The van der Waals surface area contributed by atoms with E-state index in [1.165, 1.54) is 24.3 Å². The van der Waals surface area contributed by atoms with E-state index in [1.807, 2.05) is 6.07 Å². The molecule has 2 aromatic carbocycles. The van der Waals surface area contributed by atoms with Gasteiger partial charge >= 0.3 is 6.61 Å². The summed E-state index contributed by atoms with van der Waals surface area (Å²) >= 11 is 0. The average Bonchev–Trinajstić information content (AvgIpc) is 2.62. The van der Waals surface area contributed by atoms with E-state index in [-0.39, 0.29) is 23.0 Å². The second-order valence-electron chi connectivity index (χ2n) is 6.07. The maximum absolute atomic E-state index is 13.3. The zero-order valence-electron chi connectivity index (χ0n) is 14.1. The molecule has 0 aromatic heterocycles. The lowest BCUT2D eigenvalue weighted by Gasteiger charge is -2.35. The van der Waals surface area contributed by atoms with Crippen molar-refractivity contribution in [2.24, 2.45) is 0 Å². The van der Waals surface area contributed by atoms with Gasteiger partial charge in [0.25, 0.3) is 5.91 Å². The van der Waals surface area contributed by atoms with Crippen molar-refractivity contribution in [1.29, 1.82) is 0 Å². The number of carbonyl (C=O) groups excluding carboxylic acids is 1. The molecule has 1 saturated heterocycles. The molecule has 2 aromatic rings. The molecule has 7 heteroatoms. The van der Waals surface area contributed by atoms with Gasteiger partial charge in [0.05, 0.1) is 5.56 Å². The normalized spacial score (nSPS) is 15.3. The molecule has 0 N–H and O–H groups in total. The molecule has 138 valence electrons. The van der Waals surface area contributed by atoms with Crippen molar-refractivity contribution in [3.8, 4) is 5.75 Å². The molecule has 1 heterocycles. The minimum atomic E-state index is -2.98. The predicted octanol–water partition coefficient (Wildman–Crippen LogP) is 3.39. The Morgan fingerprint density at radius 2 is 1.77 bits per heavy atom. The lowest BCUT2D eigenvalue weighted by Crippen LogP contribution is -2.48. The highest BCUT2D eigenvalue weighted by molar-refractivity contribution is 5.97. The van der Waals surface area contributed by atoms with Crippen LogP contribution < -0.4 is 4.74 Å². The Morgan fingerprint density at radius 3 is 2.46 bits per heavy atom. The minimum Gasteiger partial charge on any atom is -0.434 e. The first-order valence-corrected chi connectivity index (χ1v) is 8.33. The molecule has 0 aliphatic carbocycles. The van der Waals surface area contributed by atoms with Crippen LogP contribution in [0, 0.1) is 5.82 Å². The second-order valence-corrected chi connectivity index (χ2v) is 6.07. The molecule has 0 spiro atoms. The summed E-state index contributed by atoms with van der Waals surface area (Å²) in [5.74, 6) is -0.715. The molecule has 3 rings (SSSR count). The van der Waals surface area contributed by atoms with E-state index in [4.69, 9.17) is 0 Å². The van der Waals surface area contributed by atoms with E-state index in [0.29, 0.717) is 32.7 Å². The standard InChI is InChI=1S/C19H19F3N2O2/c20-15-5-3-4-14(12-15)13-23-8-10-24(11-9-23)18(25)16-6-1-2-7-17(16)26-19(21)22/h1-7,12,19H,8-11,13H2. The molecule has 0 atom stereocenters. The van der Waals surface area contributed by atoms with Gasteiger partial charge in [-0.2, -0.15) is 8.78 Å². The third-order valence-electron chi connectivity index (χ3n) is 4.29. The van der Waals surface area contributed by atoms with E-state index in [9.17, 15) is 18.0 Å². The number of amides is 1. The Morgan fingerprint density at radius 1 is 1.04 bits per heavy atom. The van der Waals surface area contributed by atoms with Gasteiger partial charge in [-0.1, -0.05) is 24.3 Å². The fourth-order valence-corrected chi connectivity index (χ4v) is 3.02. The maximum Gasteiger partial charge on any atom is 0.387 e. The highest BCUT2D eigenvalue weighted by Crippen LogP contribution is 2.22. The second kappa shape index (κ2) is 8.23. The summed E-state index contributed by atoms with van der Waals surface area (Å²) in [5.41, 5.74) is 1.01. The Labute approximate surface area is 149 Å². The molecular formula is C19H19F3N2O2. The third kappa shape index (κ3) is 4.54. The van der Waals surface area contributed by atoms with Crippen LogP contribution in [0.2, 0.25) is 0 Å². The Bertz CT molecular complexity index is 762. The Hall–Kier alpha value is -2.54. The van der Waals surface area contributed by atoms with E-state index >= 15 is 0 Å². The summed E-state index contributed by atoms with van der Waals surface area (Å²) in [5, 5.41) is 0. The third-order valence-corrected chi connectivity index (χ3v) is 4.29. The monoisotopic (exact) mass is 364 g/mol. The molecular weight excluding hydrogens is 345 g/mol. The molecule has 4 nitrogen and oxygen atoms in total. The first-order valence-electron chi connectivity index (χ1n) is 8.33. The van der Waals surface area contributed by atoms with Crippen molar-refractivity contribution in [1.82, 2.24) is 9.80 Å². The lowest BCUT2D eigenvalue weighted by atomic mass is 10.1. The van der Waals surface area contributed by atoms with Gasteiger partial charge in [-0.25, -0.2) is 4.39 Å². The summed E-state index contributed by atoms with van der Waals surface area (Å²) in [6.45, 7) is -0.188. The van der Waals surface area contributed by atoms with Crippen molar-refractivity contribution < 1.29 is 22.7 Å². The maximum atomic E-state index is 13.3. The number of piperazine rings is 1. The van der Waals surface area contributed by atoms with Crippen LogP contribution in [0.5, 0.6) is 5.75 Å². The quantitative estimate of drug-likeness (QED) is 0.815. The molecule has 26 heavy (non-hydrogen) atoms. The van der Waals surface area contributed by atoms with Gasteiger partial charge < -0.3 is 9.64 Å². The van der Waals surface area contributed by atoms with Gasteiger partial charge in [-0.05, 0) is 29.8 Å². The fraction of sp³-hybridized carbons (Fsp3) is 0.316. The Balaban J connectivity index is 1.60. The van der Waals surface area contributed by atoms with Gasteiger partial charge in [0.1, 0.15) is 11.6 Å². The van der Waals surface area contributed by atoms with Gasteiger partial charge in [-0.15, -0.1) is 0 Å². The average molecular weight is 364 g/mol. The Kier molecular flexibility index (Phi) is 5.78. The lowest BCUT2D eigenvalue weighted by molar-refractivity contribution is -0.0503. The van der Waals surface area contributed by atoms with E-state index in [0.717, 1.165) is 5.56 Å². The highest BCUT2D eigenvalue weighted by atomic mass is 19.3. The van der Waals surface area contributed by atoms with Crippen molar-refractivity contribution in [3.05, 3.63) is 65.5 Å². The molecule has 0 unspecified atom stereocenters. The first-order chi connectivity index (χ1) is 12.5. The fourth-order valence-electron chi connectivity index (χ4n) is 3.02. The number of halogens is 3. The summed E-state index contributed by atoms with van der Waals surface area (Å²) in [6, 6.07) is 12.4.